The number of hydrogen-bond acceptors (Lipinski definition) is 3. The molecular formula is C18H22FN5S. The Balaban J connectivity index is 1.57. The minimum atomic E-state index is -0.224. The molecule has 0 unspecified atom stereocenters. The fraction of sp³-hybridized carbons (Fsp3) is 0.333. The van der Waals surface area contributed by atoms with Crippen LogP contribution in [0, 0.1) is 12.7 Å². The van der Waals surface area contributed by atoms with Crippen molar-refractivity contribution in [1.29, 1.82) is 0 Å². The van der Waals surface area contributed by atoms with E-state index >= 15 is 0 Å². The SMILES string of the molecule is CN=C(NCCc1c[nH]c2cc(F)ccc12)N(C)Cc1csc(C)n1. The second kappa shape index (κ2) is 7.65. The number of guanidine groups is 1. The first kappa shape index (κ1) is 17.4. The van der Waals surface area contributed by atoms with Crippen molar-refractivity contribution in [3.8, 4) is 0 Å². The van der Waals surface area contributed by atoms with Crippen LogP contribution in [0.5, 0.6) is 0 Å². The summed E-state index contributed by atoms with van der Waals surface area (Å²) in [6.07, 6.45) is 2.77. The van der Waals surface area contributed by atoms with Crippen LogP contribution < -0.4 is 5.32 Å². The van der Waals surface area contributed by atoms with Gasteiger partial charge in [-0.1, -0.05) is 0 Å². The predicted octanol–water partition coefficient (Wildman–Crippen LogP) is 3.32. The third-order valence-corrected chi connectivity index (χ3v) is 4.87. The summed E-state index contributed by atoms with van der Waals surface area (Å²) in [5.41, 5.74) is 3.04. The molecule has 1 aromatic carbocycles. The van der Waals surface area contributed by atoms with Gasteiger partial charge in [0.25, 0.3) is 0 Å². The van der Waals surface area contributed by atoms with Crippen LogP contribution in [-0.4, -0.2) is 41.5 Å². The Kier molecular flexibility index (Phi) is 5.33. The van der Waals surface area contributed by atoms with E-state index in [0.717, 1.165) is 52.6 Å². The summed E-state index contributed by atoms with van der Waals surface area (Å²) < 4.78 is 13.3. The fourth-order valence-corrected chi connectivity index (χ4v) is 3.46. The number of fused-ring (bicyclic) bond motifs is 1. The molecule has 0 saturated carbocycles. The lowest BCUT2D eigenvalue weighted by Gasteiger charge is -2.21. The van der Waals surface area contributed by atoms with Crippen LogP contribution >= 0.6 is 11.3 Å². The molecule has 25 heavy (non-hydrogen) atoms. The number of rotatable bonds is 5. The van der Waals surface area contributed by atoms with Crippen LogP contribution in [0.25, 0.3) is 10.9 Å². The van der Waals surface area contributed by atoms with Gasteiger partial charge in [0, 0.05) is 43.1 Å². The van der Waals surface area contributed by atoms with Gasteiger partial charge >= 0.3 is 0 Å². The first-order valence-corrected chi connectivity index (χ1v) is 9.03. The molecule has 0 amide bonds. The number of halogens is 1. The summed E-state index contributed by atoms with van der Waals surface area (Å²) in [5.74, 6) is 0.606. The number of aliphatic imine (C=N–C) groups is 1. The van der Waals surface area contributed by atoms with E-state index in [4.69, 9.17) is 0 Å². The Hall–Kier alpha value is -2.41. The molecule has 3 aromatic rings. The van der Waals surface area contributed by atoms with Crippen molar-refractivity contribution >= 4 is 28.2 Å². The zero-order valence-electron chi connectivity index (χ0n) is 14.6. The van der Waals surface area contributed by atoms with Gasteiger partial charge in [0.05, 0.1) is 17.2 Å². The third kappa shape index (κ3) is 4.17. The Morgan fingerprint density at radius 2 is 2.28 bits per heavy atom. The maximum atomic E-state index is 13.3. The quantitative estimate of drug-likeness (QED) is 0.543. The first-order valence-electron chi connectivity index (χ1n) is 8.15. The highest BCUT2D eigenvalue weighted by Gasteiger charge is 2.09. The number of nitrogens with one attached hydrogen (secondary N) is 2. The average Bonchev–Trinajstić information content (AvgIpc) is 3.17. The van der Waals surface area contributed by atoms with Gasteiger partial charge in [0.15, 0.2) is 5.96 Å². The van der Waals surface area contributed by atoms with Gasteiger partial charge in [-0.15, -0.1) is 11.3 Å². The summed E-state index contributed by atoms with van der Waals surface area (Å²) in [5, 5.41) is 7.58. The average molecular weight is 359 g/mol. The molecule has 2 aromatic heterocycles. The molecule has 5 nitrogen and oxygen atoms in total. The van der Waals surface area contributed by atoms with Crippen molar-refractivity contribution in [3.63, 3.8) is 0 Å². The monoisotopic (exact) mass is 359 g/mol. The van der Waals surface area contributed by atoms with E-state index in [1.165, 1.54) is 12.1 Å². The Morgan fingerprint density at radius 3 is 3.00 bits per heavy atom. The maximum absolute atomic E-state index is 13.3. The number of thiazole rings is 1. The number of hydrogen-bond donors (Lipinski definition) is 2. The molecule has 0 saturated heterocycles. The van der Waals surface area contributed by atoms with E-state index in [2.05, 4.69) is 30.6 Å². The standard InChI is InChI=1S/C18H22FN5S/c1-12-23-15(11-25-12)10-24(3)18(20-2)21-7-6-13-9-22-17-8-14(19)4-5-16(13)17/h4-5,8-9,11,22H,6-7,10H2,1-3H3,(H,20,21). The summed E-state index contributed by atoms with van der Waals surface area (Å²) in [4.78, 5) is 14.0. The van der Waals surface area contributed by atoms with Crippen molar-refractivity contribution < 1.29 is 4.39 Å². The number of aryl methyl sites for hydroxylation is 1. The van der Waals surface area contributed by atoms with E-state index < -0.39 is 0 Å². The lowest BCUT2D eigenvalue weighted by atomic mass is 10.1. The second-order valence-corrected chi connectivity index (χ2v) is 7.00. The van der Waals surface area contributed by atoms with Gasteiger partial charge in [-0.2, -0.15) is 0 Å². The normalized spacial score (nSPS) is 11.9. The highest BCUT2D eigenvalue weighted by Crippen LogP contribution is 2.19. The fourth-order valence-electron chi connectivity index (χ4n) is 2.86. The van der Waals surface area contributed by atoms with Gasteiger partial charge in [-0.25, -0.2) is 9.37 Å². The number of aromatic nitrogens is 2. The molecule has 0 aliphatic rings. The molecule has 2 heterocycles. The molecule has 0 fully saturated rings. The van der Waals surface area contributed by atoms with Gasteiger partial charge in [0.1, 0.15) is 5.82 Å². The molecule has 2 N–H and O–H groups in total. The van der Waals surface area contributed by atoms with Crippen LogP contribution in [0.3, 0.4) is 0 Å². The number of benzene rings is 1. The van der Waals surface area contributed by atoms with Crippen LogP contribution in [0.1, 0.15) is 16.3 Å². The Bertz CT molecular complexity index is 883. The number of nitrogens with zero attached hydrogens (tertiary/aromatic N) is 3. The summed E-state index contributed by atoms with van der Waals surface area (Å²) in [7, 11) is 3.78. The second-order valence-electron chi connectivity index (χ2n) is 5.94. The van der Waals surface area contributed by atoms with E-state index in [1.807, 2.05) is 26.2 Å². The molecule has 3 rings (SSSR count). The van der Waals surface area contributed by atoms with Gasteiger partial charge in [-0.05, 0) is 37.1 Å². The van der Waals surface area contributed by atoms with Crippen molar-refractivity contribution in [1.82, 2.24) is 20.2 Å². The Morgan fingerprint density at radius 1 is 1.44 bits per heavy atom. The molecular weight excluding hydrogens is 337 g/mol. The van der Waals surface area contributed by atoms with Gasteiger partial charge < -0.3 is 15.2 Å². The summed E-state index contributed by atoms with van der Waals surface area (Å²) >= 11 is 1.66. The van der Waals surface area contributed by atoms with Crippen molar-refractivity contribution in [2.24, 2.45) is 4.99 Å². The molecule has 0 aliphatic carbocycles. The largest absolute Gasteiger partial charge is 0.361 e. The van der Waals surface area contributed by atoms with E-state index in [9.17, 15) is 4.39 Å². The topological polar surface area (TPSA) is 56.3 Å². The van der Waals surface area contributed by atoms with Crippen LogP contribution in [0.2, 0.25) is 0 Å². The lowest BCUT2D eigenvalue weighted by Crippen LogP contribution is -2.39. The highest BCUT2D eigenvalue weighted by molar-refractivity contribution is 7.09. The zero-order chi connectivity index (χ0) is 17.8. The number of H-pyrrole nitrogens is 1. The molecule has 0 spiro atoms. The van der Waals surface area contributed by atoms with Gasteiger partial charge in [-0.3, -0.25) is 4.99 Å². The van der Waals surface area contributed by atoms with E-state index in [1.54, 1.807) is 18.4 Å². The lowest BCUT2D eigenvalue weighted by molar-refractivity contribution is 0.471. The highest BCUT2D eigenvalue weighted by atomic mass is 32.1. The molecule has 7 heteroatoms. The van der Waals surface area contributed by atoms with E-state index in [-0.39, 0.29) is 5.82 Å². The summed E-state index contributed by atoms with van der Waals surface area (Å²) in [6, 6.07) is 4.84. The molecule has 0 radical (unpaired) electrons. The van der Waals surface area contributed by atoms with Gasteiger partial charge in [0.2, 0.25) is 0 Å². The van der Waals surface area contributed by atoms with Crippen LogP contribution in [0.15, 0.2) is 34.8 Å². The minimum absolute atomic E-state index is 0.224. The molecule has 0 bridgehead atoms. The molecule has 132 valence electrons. The first-order chi connectivity index (χ1) is 12.1. The number of aromatic amines is 1. The maximum Gasteiger partial charge on any atom is 0.193 e. The van der Waals surface area contributed by atoms with Crippen molar-refractivity contribution in [2.45, 2.75) is 19.9 Å². The smallest absolute Gasteiger partial charge is 0.193 e. The van der Waals surface area contributed by atoms with Crippen LogP contribution in [0.4, 0.5) is 4.39 Å². The third-order valence-electron chi connectivity index (χ3n) is 4.05. The predicted molar refractivity (Wildman–Crippen MR) is 102 cm³/mol. The zero-order valence-corrected chi connectivity index (χ0v) is 15.5. The van der Waals surface area contributed by atoms with Crippen molar-refractivity contribution in [2.75, 3.05) is 20.6 Å². The Labute approximate surface area is 150 Å². The summed E-state index contributed by atoms with van der Waals surface area (Å²) in [6.45, 7) is 3.47. The molecule has 0 atom stereocenters. The minimum Gasteiger partial charge on any atom is -0.361 e. The van der Waals surface area contributed by atoms with E-state index in [0.29, 0.717) is 0 Å². The van der Waals surface area contributed by atoms with Crippen molar-refractivity contribution in [3.05, 3.63) is 51.9 Å². The molecule has 0 aliphatic heterocycles. The van der Waals surface area contributed by atoms with Crippen LogP contribution in [-0.2, 0) is 13.0 Å².